The van der Waals surface area contributed by atoms with Gasteiger partial charge in [0, 0.05) is 6.08 Å². The lowest BCUT2D eigenvalue weighted by Gasteiger charge is -1.96. The van der Waals surface area contributed by atoms with Gasteiger partial charge in [0.1, 0.15) is 0 Å². The summed E-state index contributed by atoms with van der Waals surface area (Å²) in [6, 6.07) is 0. The number of allylic oxidation sites excluding steroid dienone is 2. The minimum atomic E-state index is -0.0810. The molecule has 0 aromatic heterocycles. The quantitative estimate of drug-likeness (QED) is 0.446. The van der Waals surface area contributed by atoms with Crippen LogP contribution in [0.2, 0.25) is 0 Å². The number of aliphatic hydroxyl groups is 1. The van der Waals surface area contributed by atoms with E-state index in [2.05, 4.69) is 11.3 Å². The average molecular weight is 114 g/mol. The van der Waals surface area contributed by atoms with Gasteiger partial charge in [0.15, 0.2) is 0 Å². The third kappa shape index (κ3) is 3.28. The molecular formula is C6H10O2. The summed E-state index contributed by atoms with van der Waals surface area (Å²) in [5, 5.41) is 8.62. The van der Waals surface area contributed by atoms with Gasteiger partial charge in [-0.15, -0.1) is 0 Å². The molecule has 0 aliphatic rings. The van der Waals surface area contributed by atoms with Crippen molar-refractivity contribution in [1.29, 1.82) is 0 Å². The first-order valence-electron chi connectivity index (χ1n) is 2.45. The van der Waals surface area contributed by atoms with E-state index in [0.717, 1.165) is 0 Å². The maximum absolute atomic E-state index is 8.62. The molecule has 0 spiro atoms. The van der Waals surface area contributed by atoms with Gasteiger partial charge in [-0.25, -0.2) is 0 Å². The van der Waals surface area contributed by atoms with Crippen LogP contribution in [-0.4, -0.2) is 11.7 Å². The smallest absolute Gasteiger partial charge is 0.276 e. The predicted molar refractivity (Wildman–Crippen MR) is 32.5 cm³/mol. The van der Waals surface area contributed by atoms with Crippen LogP contribution in [0.25, 0.3) is 0 Å². The van der Waals surface area contributed by atoms with E-state index in [9.17, 15) is 0 Å². The molecule has 2 nitrogen and oxygen atoms in total. The fourth-order valence-electron chi connectivity index (χ4n) is 0.297. The lowest BCUT2D eigenvalue weighted by atomic mass is 10.6. The summed E-state index contributed by atoms with van der Waals surface area (Å²) in [4.78, 5) is 0. The molecule has 0 aromatic rings. The van der Waals surface area contributed by atoms with Gasteiger partial charge in [0.05, 0.1) is 6.61 Å². The SMILES string of the molecule is C=C/C=C(/O)OCC. The minimum Gasteiger partial charge on any atom is -0.481 e. The Balaban J connectivity index is 3.44. The normalized spacial score (nSPS) is 10.9. The van der Waals surface area contributed by atoms with Gasteiger partial charge in [-0.2, -0.15) is 0 Å². The lowest BCUT2D eigenvalue weighted by Crippen LogP contribution is -1.87. The predicted octanol–water partition coefficient (Wildman–Crippen LogP) is 1.61. The highest BCUT2D eigenvalue weighted by Crippen LogP contribution is 1.88. The number of hydrogen-bond donors (Lipinski definition) is 1. The molecule has 0 fully saturated rings. The van der Waals surface area contributed by atoms with Crippen molar-refractivity contribution in [2.75, 3.05) is 6.61 Å². The van der Waals surface area contributed by atoms with Gasteiger partial charge in [0.25, 0.3) is 5.95 Å². The highest BCUT2D eigenvalue weighted by molar-refractivity contribution is 4.97. The highest BCUT2D eigenvalue weighted by Gasteiger charge is 1.83. The van der Waals surface area contributed by atoms with Crippen LogP contribution < -0.4 is 0 Å². The maximum atomic E-state index is 8.62. The second-order valence-electron chi connectivity index (χ2n) is 1.17. The Kier molecular flexibility index (Phi) is 3.76. The fourth-order valence-corrected chi connectivity index (χ4v) is 0.297. The Hall–Kier alpha value is -0.920. The zero-order valence-corrected chi connectivity index (χ0v) is 4.92. The number of rotatable bonds is 3. The molecule has 0 aromatic carbocycles. The molecule has 0 radical (unpaired) electrons. The molecule has 2 heteroatoms. The van der Waals surface area contributed by atoms with Gasteiger partial charge in [0.2, 0.25) is 0 Å². The van der Waals surface area contributed by atoms with Crippen molar-refractivity contribution in [3.63, 3.8) is 0 Å². The monoisotopic (exact) mass is 114 g/mol. The molecule has 1 N–H and O–H groups in total. The molecule has 0 amide bonds. The number of hydrogen-bond acceptors (Lipinski definition) is 2. The molecule has 0 aliphatic heterocycles. The van der Waals surface area contributed by atoms with Crippen LogP contribution in [0.4, 0.5) is 0 Å². The standard InChI is InChI=1S/C6H10O2/c1-3-5-6(7)8-4-2/h3,5,7H,1,4H2,2H3/b6-5-. The van der Waals surface area contributed by atoms with E-state index in [1.165, 1.54) is 12.2 Å². The Labute approximate surface area is 49.1 Å². The largest absolute Gasteiger partial charge is 0.481 e. The van der Waals surface area contributed by atoms with Crippen molar-refractivity contribution in [3.8, 4) is 0 Å². The molecule has 46 valence electrons. The molecule has 0 rings (SSSR count). The maximum Gasteiger partial charge on any atom is 0.276 e. The Morgan fingerprint density at radius 2 is 2.50 bits per heavy atom. The zero-order chi connectivity index (χ0) is 6.41. The minimum absolute atomic E-state index is 0.0810. The van der Waals surface area contributed by atoms with Crippen molar-refractivity contribution in [2.45, 2.75) is 6.92 Å². The topological polar surface area (TPSA) is 29.5 Å². The summed E-state index contributed by atoms with van der Waals surface area (Å²) in [7, 11) is 0. The molecule has 0 atom stereocenters. The van der Waals surface area contributed by atoms with Crippen molar-refractivity contribution in [1.82, 2.24) is 0 Å². The van der Waals surface area contributed by atoms with Crippen LogP contribution in [0.1, 0.15) is 6.92 Å². The van der Waals surface area contributed by atoms with E-state index in [-0.39, 0.29) is 5.95 Å². The van der Waals surface area contributed by atoms with Crippen molar-refractivity contribution in [3.05, 3.63) is 24.7 Å². The van der Waals surface area contributed by atoms with Crippen LogP contribution in [0, 0.1) is 0 Å². The first-order valence-corrected chi connectivity index (χ1v) is 2.45. The third-order valence-electron chi connectivity index (χ3n) is 0.553. The second-order valence-corrected chi connectivity index (χ2v) is 1.17. The van der Waals surface area contributed by atoms with Crippen molar-refractivity contribution in [2.24, 2.45) is 0 Å². The average Bonchev–Trinajstić information content (AvgIpc) is 1.68. The second kappa shape index (κ2) is 4.24. The number of aliphatic hydroxyl groups excluding tert-OH is 1. The molecule has 0 saturated carbocycles. The molecule has 0 bridgehead atoms. The zero-order valence-electron chi connectivity index (χ0n) is 4.92. The summed E-state index contributed by atoms with van der Waals surface area (Å²) >= 11 is 0. The van der Waals surface area contributed by atoms with Crippen LogP contribution >= 0.6 is 0 Å². The van der Waals surface area contributed by atoms with Gasteiger partial charge >= 0.3 is 0 Å². The molecule has 0 heterocycles. The Bertz CT molecular complexity index is 94.7. The van der Waals surface area contributed by atoms with Crippen LogP contribution in [0.5, 0.6) is 0 Å². The summed E-state index contributed by atoms with van der Waals surface area (Å²) < 4.78 is 4.63. The lowest BCUT2D eigenvalue weighted by molar-refractivity contribution is 0.103. The Morgan fingerprint density at radius 3 is 2.88 bits per heavy atom. The van der Waals surface area contributed by atoms with Crippen LogP contribution in [-0.2, 0) is 4.74 Å². The van der Waals surface area contributed by atoms with Gasteiger partial charge in [-0.1, -0.05) is 12.7 Å². The third-order valence-corrected chi connectivity index (χ3v) is 0.553. The van der Waals surface area contributed by atoms with Gasteiger partial charge in [-0.05, 0) is 6.92 Å². The highest BCUT2D eigenvalue weighted by atomic mass is 16.6. The van der Waals surface area contributed by atoms with Gasteiger partial charge < -0.3 is 9.84 Å². The fraction of sp³-hybridized carbons (Fsp3) is 0.333. The van der Waals surface area contributed by atoms with Crippen LogP contribution in [0.15, 0.2) is 24.7 Å². The van der Waals surface area contributed by atoms with E-state index in [1.807, 2.05) is 0 Å². The summed E-state index contributed by atoms with van der Waals surface area (Å²) in [5.41, 5.74) is 0. The summed E-state index contributed by atoms with van der Waals surface area (Å²) in [6.07, 6.45) is 2.86. The molecule has 0 saturated heterocycles. The van der Waals surface area contributed by atoms with E-state index in [4.69, 9.17) is 5.11 Å². The first kappa shape index (κ1) is 7.08. The first-order chi connectivity index (χ1) is 3.81. The number of ether oxygens (including phenoxy) is 1. The van der Waals surface area contributed by atoms with Crippen molar-refractivity contribution >= 4 is 0 Å². The van der Waals surface area contributed by atoms with Crippen LogP contribution in [0.3, 0.4) is 0 Å². The van der Waals surface area contributed by atoms with Crippen molar-refractivity contribution < 1.29 is 9.84 Å². The summed E-state index contributed by atoms with van der Waals surface area (Å²) in [5.74, 6) is -0.0810. The van der Waals surface area contributed by atoms with E-state index in [1.54, 1.807) is 6.92 Å². The van der Waals surface area contributed by atoms with E-state index >= 15 is 0 Å². The van der Waals surface area contributed by atoms with E-state index < -0.39 is 0 Å². The molecule has 0 aliphatic carbocycles. The molecular weight excluding hydrogens is 104 g/mol. The Morgan fingerprint density at radius 1 is 1.88 bits per heavy atom. The molecule has 8 heavy (non-hydrogen) atoms. The van der Waals surface area contributed by atoms with Gasteiger partial charge in [-0.3, -0.25) is 0 Å². The summed E-state index contributed by atoms with van der Waals surface area (Å²) in [6.45, 7) is 5.65. The molecule has 0 unspecified atom stereocenters. The van der Waals surface area contributed by atoms with E-state index in [0.29, 0.717) is 6.61 Å².